The van der Waals surface area contributed by atoms with Gasteiger partial charge in [-0.05, 0) is 70.1 Å². The smallest absolute Gasteiger partial charge is 0.105 e. The minimum atomic E-state index is 0.891. The number of piperidine rings is 1. The van der Waals surface area contributed by atoms with Gasteiger partial charge in [-0.2, -0.15) is 0 Å². The van der Waals surface area contributed by atoms with E-state index in [1.165, 1.54) is 57.3 Å². The molecule has 0 bridgehead atoms. The van der Waals surface area contributed by atoms with E-state index in [-0.39, 0.29) is 0 Å². The highest BCUT2D eigenvalue weighted by atomic mass is 15.1. The van der Waals surface area contributed by atoms with Gasteiger partial charge < -0.3 is 9.47 Å². The number of hydrogen-bond acceptors (Lipinski definition) is 2. The minimum Gasteiger partial charge on any atom is -0.335 e. The predicted molar refractivity (Wildman–Crippen MR) is 95.5 cm³/mol. The maximum atomic E-state index is 4.31. The average Bonchev–Trinajstić information content (AvgIpc) is 3.00. The molecule has 0 saturated carbocycles. The van der Waals surface area contributed by atoms with E-state index in [0.717, 1.165) is 18.3 Å². The van der Waals surface area contributed by atoms with Crippen LogP contribution in [0, 0.1) is 12.8 Å². The number of likely N-dealkylation sites (tertiary alicyclic amines) is 1. The second-order valence-electron chi connectivity index (χ2n) is 6.83. The van der Waals surface area contributed by atoms with Gasteiger partial charge in [-0.3, -0.25) is 0 Å². The summed E-state index contributed by atoms with van der Waals surface area (Å²) in [7, 11) is 0. The summed E-state index contributed by atoms with van der Waals surface area (Å²) >= 11 is 0. The van der Waals surface area contributed by atoms with Gasteiger partial charge in [0.1, 0.15) is 5.82 Å². The van der Waals surface area contributed by atoms with Gasteiger partial charge in [0.25, 0.3) is 0 Å². The molecule has 0 atom stereocenters. The third-order valence-electron chi connectivity index (χ3n) is 5.19. The number of benzene rings is 1. The Morgan fingerprint density at radius 2 is 1.87 bits per heavy atom. The summed E-state index contributed by atoms with van der Waals surface area (Å²) in [6, 6.07) is 10.9. The number of rotatable bonds is 7. The molecular formula is C20H29N3. The first kappa shape index (κ1) is 16.3. The summed E-state index contributed by atoms with van der Waals surface area (Å²) in [5.74, 6) is 2.03. The zero-order valence-corrected chi connectivity index (χ0v) is 14.3. The molecule has 1 aliphatic heterocycles. The zero-order chi connectivity index (χ0) is 15.9. The van der Waals surface area contributed by atoms with Crippen LogP contribution >= 0.6 is 0 Å². The highest BCUT2D eigenvalue weighted by molar-refractivity contribution is 5.14. The molecule has 0 N–H and O–H groups in total. The monoisotopic (exact) mass is 311 g/mol. The van der Waals surface area contributed by atoms with Crippen LogP contribution in [0.4, 0.5) is 0 Å². The lowest BCUT2D eigenvalue weighted by atomic mass is 9.93. The van der Waals surface area contributed by atoms with Crippen LogP contribution in [0.3, 0.4) is 0 Å². The summed E-state index contributed by atoms with van der Waals surface area (Å²) < 4.78 is 2.28. The molecular weight excluding hydrogens is 282 g/mol. The molecule has 0 spiro atoms. The first-order chi connectivity index (χ1) is 11.3. The topological polar surface area (TPSA) is 21.1 Å². The Hall–Kier alpha value is -1.61. The van der Waals surface area contributed by atoms with E-state index >= 15 is 0 Å². The van der Waals surface area contributed by atoms with Crippen molar-refractivity contribution in [1.29, 1.82) is 0 Å². The van der Waals surface area contributed by atoms with Crippen LogP contribution in [0.1, 0.15) is 37.1 Å². The molecule has 1 saturated heterocycles. The second-order valence-corrected chi connectivity index (χ2v) is 6.83. The molecule has 124 valence electrons. The minimum absolute atomic E-state index is 0.891. The third kappa shape index (κ3) is 4.93. The predicted octanol–water partition coefficient (Wildman–Crippen LogP) is 3.93. The van der Waals surface area contributed by atoms with Gasteiger partial charge >= 0.3 is 0 Å². The Kier molecular flexibility index (Phi) is 5.87. The zero-order valence-electron chi connectivity index (χ0n) is 14.3. The Labute approximate surface area is 140 Å². The van der Waals surface area contributed by atoms with Crippen molar-refractivity contribution >= 4 is 0 Å². The SMILES string of the molecule is Cc1nccn1CCC1CCN(CCCc2ccccc2)CC1. The summed E-state index contributed by atoms with van der Waals surface area (Å²) in [5.41, 5.74) is 1.47. The molecule has 3 heteroatoms. The maximum absolute atomic E-state index is 4.31. The van der Waals surface area contributed by atoms with Crippen molar-refractivity contribution in [2.75, 3.05) is 19.6 Å². The number of imidazole rings is 1. The van der Waals surface area contributed by atoms with E-state index in [1.54, 1.807) is 0 Å². The summed E-state index contributed by atoms with van der Waals surface area (Å²) in [5, 5.41) is 0. The lowest BCUT2D eigenvalue weighted by Gasteiger charge is -2.32. The molecule has 1 aliphatic rings. The lowest BCUT2D eigenvalue weighted by Crippen LogP contribution is -2.34. The van der Waals surface area contributed by atoms with Gasteiger partial charge in [0, 0.05) is 18.9 Å². The number of nitrogens with zero attached hydrogens (tertiary/aromatic N) is 3. The molecule has 2 aromatic rings. The van der Waals surface area contributed by atoms with E-state index in [2.05, 4.69) is 57.9 Å². The average molecular weight is 311 g/mol. The molecule has 1 aromatic carbocycles. The Morgan fingerprint density at radius 1 is 1.09 bits per heavy atom. The van der Waals surface area contributed by atoms with Gasteiger partial charge in [-0.25, -0.2) is 4.98 Å². The fourth-order valence-corrected chi connectivity index (χ4v) is 3.61. The van der Waals surface area contributed by atoms with Crippen LogP contribution < -0.4 is 0 Å². The number of aromatic nitrogens is 2. The van der Waals surface area contributed by atoms with Crippen LogP contribution in [0.5, 0.6) is 0 Å². The third-order valence-corrected chi connectivity index (χ3v) is 5.19. The van der Waals surface area contributed by atoms with E-state index in [1.807, 2.05) is 6.20 Å². The molecule has 0 amide bonds. The van der Waals surface area contributed by atoms with Gasteiger partial charge in [0.2, 0.25) is 0 Å². The fraction of sp³-hybridized carbons (Fsp3) is 0.550. The molecule has 23 heavy (non-hydrogen) atoms. The van der Waals surface area contributed by atoms with E-state index in [4.69, 9.17) is 0 Å². The first-order valence-corrected chi connectivity index (χ1v) is 9.05. The molecule has 1 fully saturated rings. The van der Waals surface area contributed by atoms with Gasteiger partial charge in [-0.15, -0.1) is 0 Å². The molecule has 0 aliphatic carbocycles. The summed E-state index contributed by atoms with van der Waals surface area (Å²) in [6.45, 7) is 7.03. The Morgan fingerprint density at radius 3 is 2.57 bits per heavy atom. The highest BCUT2D eigenvalue weighted by Crippen LogP contribution is 2.21. The van der Waals surface area contributed by atoms with E-state index in [0.29, 0.717) is 0 Å². The van der Waals surface area contributed by atoms with Crippen LogP contribution in [0.2, 0.25) is 0 Å². The van der Waals surface area contributed by atoms with Crippen molar-refractivity contribution in [2.45, 2.75) is 45.6 Å². The van der Waals surface area contributed by atoms with E-state index < -0.39 is 0 Å². The van der Waals surface area contributed by atoms with Gasteiger partial charge in [-0.1, -0.05) is 30.3 Å². The van der Waals surface area contributed by atoms with Crippen LogP contribution in [0.25, 0.3) is 0 Å². The first-order valence-electron chi connectivity index (χ1n) is 9.05. The summed E-state index contributed by atoms with van der Waals surface area (Å²) in [6.07, 6.45) is 10.5. The Balaban J connectivity index is 1.31. The van der Waals surface area contributed by atoms with Crippen molar-refractivity contribution in [1.82, 2.24) is 14.5 Å². The fourth-order valence-electron chi connectivity index (χ4n) is 3.61. The van der Waals surface area contributed by atoms with Gasteiger partial charge in [0.05, 0.1) is 0 Å². The van der Waals surface area contributed by atoms with Crippen molar-refractivity contribution in [2.24, 2.45) is 5.92 Å². The van der Waals surface area contributed by atoms with Crippen molar-refractivity contribution < 1.29 is 0 Å². The van der Waals surface area contributed by atoms with Gasteiger partial charge in [0.15, 0.2) is 0 Å². The highest BCUT2D eigenvalue weighted by Gasteiger charge is 2.18. The van der Waals surface area contributed by atoms with E-state index in [9.17, 15) is 0 Å². The number of hydrogen-bond donors (Lipinski definition) is 0. The van der Waals surface area contributed by atoms with Crippen molar-refractivity contribution in [3.05, 3.63) is 54.1 Å². The molecule has 1 aromatic heterocycles. The molecule has 0 unspecified atom stereocenters. The van der Waals surface area contributed by atoms with Crippen LogP contribution in [-0.2, 0) is 13.0 Å². The normalized spacial score (nSPS) is 16.7. The standard InChI is InChI=1S/C20H29N3/c1-18-21-12-17-23(18)16-11-20-9-14-22(15-10-20)13-5-8-19-6-3-2-4-7-19/h2-4,6-7,12,17,20H,5,8-11,13-16H2,1H3. The van der Waals surface area contributed by atoms with Crippen molar-refractivity contribution in [3.63, 3.8) is 0 Å². The molecule has 3 rings (SSSR count). The second kappa shape index (κ2) is 8.30. The number of aryl methyl sites for hydroxylation is 3. The molecule has 2 heterocycles. The van der Waals surface area contributed by atoms with Crippen LogP contribution in [-0.4, -0.2) is 34.1 Å². The maximum Gasteiger partial charge on any atom is 0.105 e. The molecule has 3 nitrogen and oxygen atoms in total. The molecule has 0 radical (unpaired) electrons. The lowest BCUT2D eigenvalue weighted by molar-refractivity contribution is 0.174. The largest absolute Gasteiger partial charge is 0.335 e. The van der Waals surface area contributed by atoms with Crippen LogP contribution in [0.15, 0.2) is 42.7 Å². The Bertz CT molecular complexity index is 568. The summed E-state index contributed by atoms with van der Waals surface area (Å²) in [4.78, 5) is 6.96. The van der Waals surface area contributed by atoms with Crippen molar-refractivity contribution in [3.8, 4) is 0 Å². The quantitative estimate of drug-likeness (QED) is 0.772.